The van der Waals surface area contributed by atoms with Crippen LogP contribution in [0.5, 0.6) is 0 Å². The molecule has 0 spiro atoms. The van der Waals surface area contributed by atoms with Crippen molar-refractivity contribution in [1.82, 2.24) is 0 Å². The van der Waals surface area contributed by atoms with Gasteiger partial charge in [-0.25, -0.2) is 0 Å². The molecule has 0 N–H and O–H groups in total. The Bertz CT molecular complexity index is 475. The van der Waals surface area contributed by atoms with Crippen molar-refractivity contribution in [2.45, 2.75) is 50.8 Å². The third-order valence-electron chi connectivity index (χ3n) is 2.72. The van der Waals surface area contributed by atoms with E-state index in [0.717, 1.165) is 24.8 Å². The van der Waals surface area contributed by atoms with Gasteiger partial charge in [-0.3, -0.25) is 0 Å². The zero-order valence-electron chi connectivity index (χ0n) is 11.1. The number of benzene rings is 1. The molecule has 1 aromatic rings. The molecule has 0 saturated carbocycles. The second-order valence-electron chi connectivity index (χ2n) is 4.43. The summed E-state index contributed by atoms with van der Waals surface area (Å²) in [6, 6.07) is 6.76. The normalized spacial score (nSPS) is 12.1. The SMILES string of the molecule is CCCCCC/C=N/S(=O)(=O)c1ccc(C)cc1. The summed E-state index contributed by atoms with van der Waals surface area (Å²) in [5.41, 5.74) is 1.04. The minimum absolute atomic E-state index is 0.262. The first-order chi connectivity index (χ1) is 8.56. The van der Waals surface area contributed by atoms with Crippen LogP contribution in [0.25, 0.3) is 0 Å². The summed E-state index contributed by atoms with van der Waals surface area (Å²) in [5, 5.41) is 0. The molecule has 0 heterocycles. The monoisotopic (exact) mass is 267 g/mol. The molecule has 0 atom stereocenters. The highest BCUT2D eigenvalue weighted by Gasteiger charge is 2.10. The Morgan fingerprint density at radius 1 is 1.11 bits per heavy atom. The zero-order chi connectivity index (χ0) is 13.4. The maximum atomic E-state index is 11.8. The fourth-order valence-electron chi connectivity index (χ4n) is 1.58. The molecule has 0 aromatic heterocycles. The van der Waals surface area contributed by atoms with Gasteiger partial charge in [0.1, 0.15) is 0 Å². The van der Waals surface area contributed by atoms with Crippen LogP contribution in [-0.4, -0.2) is 14.6 Å². The maximum absolute atomic E-state index is 11.8. The number of hydrogen-bond donors (Lipinski definition) is 0. The van der Waals surface area contributed by atoms with Crippen LogP contribution in [0.2, 0.25) is 0 Å². The molecule has 0 bridgehead atoms. The Labute approximate surface area is 110 Å². The number of hydrogen-bond acceptors (Lipinski definition) is 2. The van der Waals surface area contributed by atoms with Gasteiger partial charge in [0.25, 0.3) is 10.0 Å². The van der Waals surface area contributed by atoms with E-state index in [9.17, 15) is 8.42 Å². The molecular weight excluding hydrogens is 246 g/mol. The quantitative estimate of drug-likeness (QED) is 0.558. The highest BCUT2D eigenvalue weighted by molar-refractivity contribution is 7.90. The Kier molecular flexibility index (Phi) is 6.05. The van der Waals surface area contributed by atoms with Gasteiger partial charge in [0.15, 0.2) is 0 Å². The Morgan fingerprint density at radius 2 is 1.78 bits per heavy atom. The molecular formula is C14H21NO2S. The summed E-state index contributed by atoms with van der Waals surface area (Å²) in [5.74, 6) is 0. The van der Waals surface area contributed by atoms with Gasteiger partial charge in [0, 0.05) is 6.21 Å². The largest absolute Gasteiger partial charge is 0.281 e. The smallest absolute Gasteiger partial charge is 0.199 e. The summed E-state index contributed by atoms with van der Waals surface area (Å²) in [7, 11) is -3.50. The summed E-state index contributed by atoms with van der Waals surface area (Å²) in [6.07, 6.45) is 6.75. The molecule has 0 fully saturated rings. The highest BCUT2D eigenvalue weighted by Crippen LogP contribution is 2.13. The van der Waals surface area contributed by atoms with E-state index in [0.29, 0.717) is 0 Å². The lowest BCUT2D eigenvalue weighted by Crippen LogP contribution is -1.97. The number of sulfonamides is 1. The number of aryl methyl sites for hydroxylation is 1. The van der Waals surface area contributed by atoms with Crippen LogP contribution in [-0.2, 0) is 10.0 Å². The summed E-state index contributed by atoms with van der Waals surface area (Å²) >= 11 is 0. The van der Waals surface area contributed by atoms with E-state index in [2.05, 4.69) is 11.3 Å². The molecule has 0 aliphatic carbocycles. The van der Waals surface area contributed by atoms with Gasteiger partial charge < -0.3 is 0 Å². The second kappa shape index (κ2) is 7.31. The van der Waals surface area contributed by atoms with Gasteiger partial charge in [-0.05, 0) is 31.9 Å². The van der Waals surface area contributed by atoms with Crippen LogP contribution in [0.4, 0.5) is 0 Å². The standard InChI is InChI=1S/C14H21NO2S/c1-3-4-5-6-7-12-15-18(16,17)14-10-8-13(2)9-11-14/h8-12H,3-7H2,1-2H3/b15-12+. The lowest BCUT2D eigenvalue weighted by molar-refractivity contribution is 0.598. The van der Waals surface area contributed by atoms with Crippen molar-refractivity contribution in [3.63, 3.8) is 0 Å². The van der Waals surface area contributed by atoms with Crippen molar-refractivity contribution in [2.24, 2.45) is 4.40 Å². The predicted molar refractivity (Wildman–Crippen MR) is 75.6 cm³/mol. The van der Waals surface area contributed by atoms with E-state index in [1.165, 1.54) is 19.1 Å². The molecule has 3 nitrogen and oxygen atoms in total. The maximum Gasteiger partial charge on any atom is 0.281 e. The van der Waals surface area contributed by atoms with Crippen LogP contribution < -0.4 is 0 Å². The highest BCUT2D eigenvalue weighted by atomic mass is 32.2. The number of nitrogens with zero attached hydrogens (tertiary/aromatic N) is 1. The Balaban J connectivity index is 2.54. The van der Waals surface area contributed by atoms with E-state index in [4.69, 9.17) is 0 Å². The topological polar surface area (TPSA) is 46.5 Å². The first-order valence-electron chi connectivity index (χ1n) is 6.41. The van der Waals surface area contributed by atoms with Gasteiger partial charge in [-0.1, -0.05) is 43.9 Å². The van der Waals surface area contributed by atoms with Crippen molar-refractivity contribution < 1.29 is 8.42 Å². The van der Waals surface area contributed by atoms with Crippen LogP contribution >= 0.6 is 0 Å². The zero-order valence-corrected chi connectivity index (χ0v) is 11.9. The average Bonchev–Trinajstić information content (AvgIpc) is 2.34. The van der Waals surface area contributed by atoms with E-state index < -0.39 is 10.0 Å². The third kappa shape index (κ3) is 5.00. The fraction of sp³-hybridized carbons (Fsp3) is 0.500. The molecule has 0 amide bonds. The lowest BCUT2D eigenvalue weighted by atomic mass is 10.2. The van der Waals surface area contributed by atoms with E-state index >= 15 is 0 Å². The van der Waals surface area contributed by atoms with Gasteiger partial charge in [0.05, 0.1) is 4.90 Å². The van der Waals surface area contributed by atoms with Gasteiger partial charge in [-0.2, -0.15) is 12.8 Å². The minimum Gasteiger partial charge on any atom is -0.199 e. The molecule has 1 rings (SSSR count). The second-order valence-corrected chi connectivity index (χ2v) is 6.06. The average molecular weight is 267 g/mol. The minimum atomic E-state index is -3.50. The van der Waals surface area contributed by atoms with Crippen molar-refractivity contribution in [3.8, 4) is 0 Å². The number of rotatable bonds is 7. The van der Waals surface area contributed by atoms with E-state index in [1.807, 2.05) is 6.92 Å². The van der Waals surface area contributed by atoms with E-state index in [1.54, 1.807) is 24.3 Å². The van der Waals surface area contributed by atoms with Crippen molar-refractivity contribution in [1.29, 1.82) is 0 Å². The molecule has 18 heavy (non-hydrogen) atoms. The molecule has 0 aliphatic rings. The van der Waals surface area contributed by atoms with Gasteiger partial charge >= 0.3 is 0 Å². The van der Waals surface area contributed by atoms with Crippen molar-refractivity contribution in [3.05, 3.63) is 29.8 Å². The van der Waals surface area contributed by atoms with Crippen LogP contribution in [0.3, 0.4) is 0 Å². The van der Waals surface area contributed by atoms with Crippen LogP contribution in [0, 0.1) is 6.92 Å². The van der Waals surface area contributed by atoms with E-state index in [-0.39, 0.29) is 4.90 Å². The Morgan fingerprint density at radius 3 is 2.39 bits per heavy atom. The summed E-state index contributed by atoms with van der Waals surface area (Å²) < 4.78 is 27.4. The molecule has 100 valence electrons. The summed E-state index contributed by atoms with van der Waals surface area (Å²) in [6.45, 7) is 4.07. The predicted octanol–water partition coefficient (Wildman–Crippen LogP) is 3.72. The first-order valence-corrected chi connectivity index (χ1v) is 7.86. The molecule has 0 radical (unpaired) electrons. The third-order valence-corrected chi connectivity index (χ3v) is 4.01. The van der Waals surface area contributed by atoms with Crippen molar-refractivity contribution >= 4 is 16.2 Å². The Hall–Kier alpha value is -1.16. The van der Waals surface area contributed by atoms with Crippen LogP contribution in [0.15, 0.2) is 33.6 Å². The molecule has 0 saturated heterocycles. The molecule has 0 aliphatic heterocycles. The van der Waals surface area contributed by atoms with Crippen molar-refractivity contribution in [2.75, 3.05) is 0 Å². The molecule has 4 heteroatoms. The lowest BCUT2D eigenvalue weighted by Gasteiger charge is -1.99. The molecule has 0 unspecified atom stereocenters. The van der Waals surface area contributed by atoms with Crippen LogP contribution in [0.1, 0.15) is 44.6 Å². The molecule has 1 aromatic carbocycles. The summed E-state index contributed by atoms with van der Waals surface area (Å²) in [4.78, 5) is 0.262. The first kappa shape index (κ1) is 14.9. The number of unbranched alkanes of at least 4 members (excludes halogenated alkanes) is 4. The van der Waals surface area contributed by atoms with Gasteiger partial charge in [-0.15, -0.1) is 0 Å². The van der Waals surface area contributed by atoms with Gasteiger partial charge in [0.2, 0.25) is 0 Å². The fourth-order valence-corrected chi connectivity index (χ4v) is 2.49.